The number of rotatable bonds is 3. The number of isothiocyanates is 1. The van der Waals surface area contributed by atoms with Gasteiger partial charge in [0.1, 0.15) is 0 Å². The second kappa shape index (κ2) is 4.14. The Kier molecular flexibility index (Phi) is 3.14. The molecular formula is C8H11N3S. The fourth-order valence-corrected chi connectivity index (χ4v) is 1.18. The number of aromatic nitrogens is 2. The van der Waals surface area contributed by atoms with Gasteiger partial charge in [0.05, 0.1) is 23.1 Å². The van der Waals surface area contributed by atoms with E-state index in [0.717, 1.165) is 17.9 Å². The second-order valence-electron chi connectivity index (χ2n) is 2.50. The van der Waals surface area contributed by atoms with Crippen LogP contribution in [0.5, 0.6) is 0 Å². The van der Waals surface area contributed by atoms with Gasteiger partial charge in [-0.1, -0.05) is 0 Å². The standard InChI is InChI=1S/C8H11N3S/c1-3-11-8(5-9-6-12)4-7(2)10-11/h4H,3,5H2,1-2H3. The minimum absolute atomic E-state index is 0.582. The smallest absolute Gasteiger partial charge is 0.0911 e. The molecule has 0 unspecified atom stereocenters. The second-order valence-corrected chi connectivity index (χ2v) is 2.68. The molecule has 64 valence electrons. The molecular weight excluding hydrogens is 170 g/mol. The normalized spacial score (nSPS) is 9.50. The van der Waals surface area contributed by atoms with Crippen LogP contribution in [0.2, 0.25) is 0 Å². The Bertz CT molecular complexity index is 310. The van der Waals surface area contributed by atoms with Crippen LogP contribution in [0.25, 0.3) is 0 Å². The van der Waals surface area contributed by atoms with E-state index < -0.39 is 0 Å². The van der Waals surface area contributed by atoms with Crippen molar-refractivity contribution >= 4 is 17.4 Å². The third kappa shape index (κ3) is 2.00. The van der Waals surface area contributed by atoms with E-state index in [4.69, 9.17) is 0 Å². The number of nitrogens with zero attached hydrogens (tertiary/aromatic N) is 3. The Labute approximate surface area is 77.1 Å². The average Bonchev–Trinajstić information content (AvgIpc) is 2.42. The van der Waals surface area contributed by atoms with Crippen molar-refractivity contribution in [2.24, 2.45) is 4.99 Å². The molecule has 1 rings (SSSR count). The minimum atomic E-state index is 0.582. The summed E-state index contributed by atoms with van der Waals surface area (Å²) in [5.74, 6) is 0. The Morgan fingerprint density at radius 2 is 2.50 bits per heavy atom. The van der Waals surface area contributed by atoms with Crippen LogP contribution in [0.15, 0.2) is 11.1 Å². The zero-order valence-corrected chi connectivity index (χ0v) is 8.06. The van der Waals surface area contributed by atoms with Gasteiger partial charge in [-0.15, -0.1) is 0 Å². The lowest BCUT2D eigenvalue weighted by Crippen LogP contribution is -2.01. The van der Waals surface area contributed by atoms with E-state index in [1.54, 1.807) is 0 Å². The first kappa shape index (κ1) is 9.10. The van der Waals surface area contributed by atoms with Crippen LogP contribution in [0.1, 0.15) is 18.3 Å². The topological polar surface area (TPSA) is 30.2 Å². The van der Waals surface area contributed by atoms with Crippen molar-refractivity contribution in [3.05, 3.63) is 17.5 Å². The molecule has 0 aliphatic rings. The predicted molar refractivity (Wildman–Crippen MR) is 51.4 cm³/mol. The SMILES string of the molecule is CCn1nc(C)cc1CN=C=S. The van der Waals surface area contributed by atoms with Crippen molar-refractivity contribution in [2.75, 3.05) is 0 Å². The third-order valence-corrected chi connectivity index (χ3v) is 1.72. The van der Waals surface area contributed by atoms with Crippen molar-refractivity contribution in [1.82, 2.24) is 9.78 Å². The van der Waals surface area contributed by atoms with Crippen molar-refractivity contribution in [1.29, 1.82) is 0 Å². The molecule has 12 heavy (non-hydrogen) atoms. The van der Waals surface area contributed by atoms with Crippen LogP contribution in [0.4, 0.5) is 0 Å². The summed E-state index contributed by atoms with van der Waals surface area (Å²) in [4.78, 5) is 3.87. The molecule has 0 amide bonds. The Morgan fingerprint density at radius 1 is 1.75 bits per heavy atom. The molecule has 1 aromatic rings. The molecule has 0 aliphatic heterocycles. The van der Waals surface area contributed by atoms with Crippen LogP contribution < -0.4 is 0 Å². The maximum Gasteiger partial charge on any atom is 0.0911 e. The Morgan fingerprint density at radius 3 is 3.08 bits per heavy atom. The van der Waals surface area contributed by atoms with Gasteiger partial charge in [0, 0.05) is 6.54 Å². The van der Waals surface area contributed by atoms with Gasteiger partial charge in [0.2, 0.25) is 0 Å². The van der Waals surface area contributed by atoms with Crippen LogP contribution >= 0.6 is 12.2 Å². The molecule has 0 saturated carbocycles. The highest BCUT2D eigenvalue weighted by atomic mass is 32.1. The summed E-state index contributed by atoms with van der Waals surface area (Å²) in [6.07, 6.45) is 0. The van der Waals surface area contributed by atoms with Gasteiger partial charge in [0.25, 0.3) is 0 Å². The Hall–Kier alpha value is -0.990. The van der Waals surface area contributed by atoms with Crippen molar-refractivity contribution < 1.29 is 0 Å². The molecule has 0 radical (unpaired) electrons. The molecule has 0 saturated heterocycles. The van der Waals surface area contributed by atoms with E-state index in [0.29, 0.717) is 6.54 Å². The highest BCUT2D eigenvalue weighted by molar-refractivity contribution is 7.78. The molecule has 0 fully saturated rings. The maximum absolute atomic E-state index is 4.49. The highest BCUT2D eigenvalue weighted by Gasteiger charge is 2.01. The minimum Gasteiger partial charge on any atom is -0.268 e. The Balaban J connectivity index is 2.88. The van der Waals surface area contributed by atoms with Gasteiger partial charge < -0.3 is 0 Å². The van der Waals surface area contributed by atoms with Gasteiger partial charge in [-0.2, -0.15) is 5.10 Å². The molecule has 0 spiro atoms. The average molecular weight is 181 g/mol. The van der Waals surface area contributed by atoms with Gasteiger partial charge >= 0.3 is 0 Å². The molecule has 0 bridgehead atoms. The van der Waals surface area contributed by atoms with Gasteiger partial charge in [-0.25, -0.2) is 4.99 Å². The molecule has 0 aliphatic carbocycles. The van der Waals surface area contributed by atoms with Crippen LogP contribution in [-0.2, 0) is 13.1 Å². The van der Waals surface area contributed by atoms with Crippen LogP contribution in [0, 0.1) is 6.92 Å². The third-order valence-electron chi connectivity index (χ3n) is 1.59. The summed E-state index contributed by atoms with van der Waals surface area (Å²) in [5.41, 5.74) is 2.11. The molecule has 0 atom stereocenters. The van der Waals surface area contributed by atoms with E-state index in [1.807, 2.05) is 17.7 Å². The van der Waals surface area contributed by atoms with E-state index >= 15 is 0 Å². The predicted octanol–water partition coefficient (Wildman–Crippen LogP) is 1.81. The first-order valence-corrected chi connectivity index (χ1v) is 4.25. The summed E-state index contributed by atoms with van der Waals surface area (Å²) in [7, 11) is 0. The van der Waals surface area contributed by atoms with E-state index in [1.165, 1.54) is 0 Å². The molecule has 1 heterocycles. The van der Waals surface area contributed by atoms with Crippen LogP contribution in [0.3, 0.4) is 0 Å². The number of hydrogen-bond donors (Lipinski definition) is 0. The van der Waals surface area contributed by atoms with Crippen molar-refractivity contribution in [3.8, 4) is 0 Å². The molecule has 0 N–H and O–H groups in total. The summed E-state index contributed by atoms with van der Waals surface area (Å²) in [6, 6.07) is 2.01. The quantitative estimate of drug-likeness (QED) is 0.526. The molecule has 3 nitrogen and oxygen atoms in total. The number of hydrogen-bond acceptors (Lipinski definition) is 3. The summed E-state index contributed by atoms with van der Waals surface area (Å²) < 4.78 is 1.92. The maximum atomic E-state index is 4.49. The van der Waals surface area contributed by atoms with Crippen LogP contribution in [-0.4, -0.2) is 14.9 Å². The zero-order chi connectivity index (χ0) is 8.97. The van der Waals surface area contributed by atoms with E-state index in [9.17, 15) is 0 Å². The molecule has 4 heteroatoms. The summed E-state index contributed by atoms with van der Waals surface area (Å²) >= 11 is 4.49. The number of aryl methyl sites for hydroxylation is 2. The lowest BCUT2D eigenvalue weighted by Gasteiger charge is -1.98. The van der Waals surface area contributed by atoms with Gasteiger partial charge in [0.15, 0.2) is 0 Å². The lowest BCUT2D eigenvalue weighted by molar-refractivity contribution is 0.619. The van der Waals surface area contributed by atoms with Gasteiger partial charge in [-0.05, 0) is 32.1 Å². The van der Waals surface area contributed by atoms with Crippen molar-refractivity contribution in [2.45, 2.75) is 26.9 Å². The van der Waals surface area contributed by atoms with E-state index in [-0.39, 0.29) is 0 Å². The summed E-state index contributed by atoms with van der Waals surface area (Å²) in [5, 5.41) is 6.62. The first-order chi connectivity index (χ1) is 5.77. The fraction of sp³-hybridized carbons (Fsp3) is 0.500. The largest absolute Gasteiger partial charge is 0.268 e. The monoisotopic (exact) mass is 181 g/mol. The van der Waals surface area contributed by atoms with Gasteiger partial charge in [-0.3, -0.25) is 4.68 Å². The first-order valence-electron chi connectivity index (χ1n) is 3.85. The number of thiocarbonyl (C=S) groups is 1. The molecule has 1 aromatic heterocycles. The lowest BCUT2D eigenvalue weighted by atomic mass is 10.4. The number of aliphatic imine (C=N–C) groups is 1. The molecule has 0 aromatic carbocycles. The zero-order valence-electron chi connectivity index (χ0n) is 7.24. The van der Waals surface area contributed by atoms with Crippen molar-refractivity contribution in [3.63, 3.8) is 0 Å². The van der Waals surface area contributed by atoms with E-state index in [2.05, 4.69) is 34.4 Å². The highest BCUT2D eigenvalue weighted by Crippen LogP contribution is 2.04. The summed E-state index contributed by atoms with van der Waals surface area (Å²) in [6.45, 7) is 5.47. The fourth-order valence-electron chi connectivity index (χ4n) is 1.11.